The topological polar surface area (TPSA) is 90.8 Å². The Morgan fingerprint density at radius 3 is 1.24 bits per heavy atom. The number of ether oxygens (including phenoxy) is 2. The summed E-state index contributed by atoms with van der Waals surface area (Å²) in [6.07, 6.45) is -28.4. The van der Waals surface area contributed by atoms with Crippen molar-refractivity contribution in [2.24, 2.45) is 0 Å². The second-order valence-electron chi connectivity index (χ2n) is 3.65. The number of hydrogen-bond donors (Lipinski definition) is 2. The summed E-state index contributed by atoms with van der Waals surface area (Å²) in [5.74, 6) is -18.1. The van der Waals surface area contributed by atoms with Crippen molar-refractivity contribution in [2.45, 2.75) is 36.5 Å². The second kappa shape index (κ2) is 6.63. The van der Waals surface area contributed by atoms with Gasteiger partial charge < -0.3 is 11.3 Å². The Balaban J connectivity index is 0. The zero-order valence-corrected chi connectivity index (χ0v) is 10.8. The third kappa shape index (κ3) is 4.97. The van der Waals surface area contributed by atoms with E-state index >= 15 is 0 Å². The van der Waals surface area contributed by atoms with E-state index in [0.29, 0.717) is 0 Å². The molecule has 4 N–H and O–H groups in total. The molecule has 25 heavy (non-hydrogen) atoms. The monoisotopic (exact) mass is 413 g/mol. The van der Waals surface area contributed by atoms with E-state index in [9.17, 15) is 61.9 Å². The van der Waals surface area contributed by atoms with Crippen LogP contribution >= 0.6 is 0 Å². The lowest BCUT2D eigenvalue weighted by Crippen LogP contribution is -2.62. The van der Waals surface area contributed by atoms with Gasteiger partial charge in [-0.2, -0.15) is 43.9 Å². The molecule has 0 saturated carbocycles. The van der Waals surface area contributed by atoms with Gasteiger partial charge in [-0.25, -0.2) is 14.3 Å². The van der Waals surface area contributed by atoms with Crippen molar-refractivity contribution in [1.29, 1.82) is 0 Å². The molecular weight excluding hydrogens is 409 g/mol. The summed E-state index contributed by atoms with van der Waals surface area (Å²) in [4.78, 5) is 9.72. The predicted molar refractivity (Wildman–Crippen MR) is 45.6 cm³/mol. The zero-order chi connectivity index (χ0) is 20.0. The van der Waals surface area contributed by atoms with Gasteiger partial charge in [-0.1, -0.05) is 0 Å². The molecule has 0 unspecified atom stereocenters. The molecule has 0 spiro atoms. The van der Waals surface area contributed by atoms with Crippen LogP contribution in [0.5, 0.6) is 0 Å². The quantitative estimate of drug-likeness (QED) is 0.620. The maximum absolute atomic E-state index is 12.7. The van der Waals surface area contributed by atoms with Gasteiger partial charge in [-0.05, 0) is 0 Å². The molecule has 0 aromatic heterocycles. The molecule has 0 aliphatic rings. The van der Waals surface area contributed by atoms with E-state index < -0.39 is 42.5 Å². The molecule has 0 aromatic carbocycles. The van der Waals surface area contributed by atoms with E-state index in [1.54, 1.807) is 0 Å². The number of aliphatic carboxylic acids is 1. The van der Waals surface area contributed by atoms with E-state index in [0.717, 1.165) is 0 Å². The SMILES string of the molecule is N.O=C(O)C(F)(F)C(F)(F)OC(F)(F)C(F)(F)C(F)(F)OC(F)(F)F. The molecule has 0 radical (unpaired) electrons. The minimum absolute atomic E-state index is 0. The van der Waals surface area contributed by atoms with E-state index in [2.05, 4.69) is 0 Å². The van der Waals surface area contributed by atoms with Crippen molar-refractivity contribution in [3.8, 4) is 0 Å². The van der Waals surface area contributed by atoms with Gasteiger partial charge in [0, 0.05) is 0 Å². The highest BCUT2D eigenvalue weighted by Crippen LogP contribution is 2.52. The highest BCUT2D eigenvalue weighted by Gasteiger charge is 2.80. The van der Waals surface area contributed by atoms with Crippen molar-refractivity contribution in [1.82, 2.24) is 6.15 Å². The van der Waals surface area contributed by atoms with Crippen LogP contribution < -0.4 is 6.15 Å². The smallest absolute Gasteiger partial charge is 0.477 e. The summed E-state index contributed by atoms with van der Waals surface area (Å²) in [7, 11) is 0. The first-order valence-electron chi connectivity index (χ1n) is 4.70. The third-order valence-electron chi connectivity index (χ3n) is 1.87. The van der Waals surface area contributed by atoms with Gasteiger partial charge in [0.25, 0.3) is 0 Å². The average Bonchev–Trinajstić information content (AvgIpc) is 2.22. The van der Waals surface area contributed by atoms with Crippen LogP contribution in [0.4, 0.5) is 57.1 Å². The van der Waals surface area contributed by atoms with E-state index in [1.807, 2.05) is 0 Å². The first-order valence-corrected chi connectivity index (χ1v) is 4.70. The fraction of sp³-hybridized carbons (Fsp3) is 0.857. The van der Waals surface area contributed by atoms with Crippen LogP contribution in [0.2, 0.25) is 0 Å². The fourth-order valence-corrected chi connectivity index (χ4v) is 0.793. The van der Waals surface area contributed by atoms with Gasteiger partial charge >= 0.3 is 42.5 Å². The van der Waals surface area contributed by atoms with Crippen LogP contribution in [0.15, 0.2) is 0 Å². The van der Waals surface area contributed by atoms with Crippen molar-refractivity contribution < 1.29 is 76.5 Å². The molecular formula is C7H4F13NO4. The first-order chi connectivity index (χ1) is 10.1. The number of rotatable bonds is 7. The van der Waals surface area contributed by atoms with Crippen molar-refractivity contribution in [2.75, 3.05) is 0 Å². The number of carbonyl (C=O) groups is 1. The summed E-state index contributed by atoms with van der Waals surface area (Å²) < 4.78 is 162. The molecule has 0 saturated heterocycles. The van der Waals surface area contributed by atoms with Crippen LogP contribution in [-0.2, 0) is 14.3 Å². The maximum Gasteiger partial charge on any atom is 0.527 e. The standard InChI is InChI=1S/C7HF13O4.H3N/c8-2(9,1(21)22)4(12,13)23-5(14,15)3(10,11)6(16,17)24-7(18,19)20;/h(H,21,22);1H3. The second-order valence-corrected chi connectivity index (χ2v) is 3.65. The van der Waals surface area contributed by atoms with E-state index in [1.165, 1.54) is 9.47 Å². The Kier molecular flexibility index (Phi) is 6.81. The van der Waals surface area contributed by atoms with Crippen molar-refractivity contribution >= 4 is 5.97 Å². The lowest BCUT2D eigenvalue weighted by Gasteiger charge is -2.34. The minimum atomic E-state index is -7.58. The number of halogens is 13. The minimum Gasteiger partial charge on any atom is -0.477 e. The van der Waals surface area contributed by atoms with Gasteiger partial charge in [0.2, 0.25) is 0 Å². The summed E-state index contributed by atoms with van der Waals surface area (Å²) in [6.45, 7) is 0. The number of carboxylic acid groups (broad SMARTS) is 1. The molecule has 0 bridgehead atoms. The molecule has 0 amide bonds. The predicted octanol–water partition coefficient (Wildman–Crippen LogP) is 3.83. The third-order valence-corrected chi connectivity index (χ3v) is 1.87. The number of hydrogen-bond acceptors (Lipinski definition) is 4. The molecule has 0 fully saturated rings. The molecule has 0 heterocycles. The molecule has 0 aliphatic carbocycles. The van der Waals surface area contributed by atoms with Crippen LogP contribution in [0.1, 0.15) is 0 Å². The average molecular weight is 413 g/mol. The Hall–Kier alpha value is -1.56. The van der Waals surface area contributed by atoms with Gasteiger partial charge in [0.1, 0.15) is 0 Å². The fourth-order valence-electron chi connectivity index (χ4n) is 0.793. The summed E-state index contributed by atoms with van der Waals surface area (Å²) >= 11 is 0. The zero-order valence-electron chi connectivity index (χ0n) is 10.8. The van der Waals surface area contributed by atoms with Crippen LogP contribution in [0.25, 0.3) is 0 Å². The lowest BCUT2D eigenvalue weighted by molar-refractivity contribution is -0.532. The normalized spacial score (nSPS) is 14.9. The highest BCUT2D eigenvalue weighted by atomic mass is 19.4. The summed E-state index contributed by atoms with van der Waals surface area (Å²) in [5, 5.41) is 7.63. The largest absolute Gasteiger partial charge is 0.527 e. The molecule has 0 rings (SSSR count). The van der Waals surface area contributed by atoms with Crippen LogP contribution in [-0.4, -0.2) is 47.6 Å². The maximum atomic E-state index is 12.7. The van der Waals surface area contributed by atoms with Gasteiger partial charge in [0.05, 0.1) is 0 Å². The molecule has 0 aliphatic heterocycles. The molecule has 0 atom stereocenters. The van der Waals surface area contributed by atoms with E-state index in [4.69, 9.17) is 5.11 Å². The lowest BCUT2D eigenvalue weighted by atomic mass is 10.2. The Bertz CT molecular complexity index is 487. The van der Waals surface area contributed by atoms with Crippen molar-refractivity contribution in [3.05, 3.63) is 0 Å². The van der Waals surface area contributed by atoms with Crippen molar-refractivity contribution in [3.63, 3.8) is 0 Å². The van der Waals surface area contributed by atoms with Crippen LogP contribution in [0.3, 0.4) is 0 Å². The van der Waals surface area contributed by atoms with E-state index in [-0.39, 0.29) is 6.15 Å². The van der Waals surface area contributed by atoms with Gasteiger partial charge in [-0.3, -0.25) is 0 Å². The molecule has 5 nitrogen and oxygen atoms in total. The Morgan fingerprint density at radius 2 is 0.960 bits per heavy atom. The Morgan fingerprint density at radius 1 is 0.640 bits per heavy atom. The highest BCUT2D eigenvalue weighted by molar-refractivity contribution is 5.76. The summed E-state index contributed by atoms with van der Waals surface area (Å²) in [6, 6.07) is 0. The molecule has 0 aromatic rings. The summed E-state index contributed by atoms with van der Waals surface area (Å²) in [5.41, 5.74) is 0. The Labute approximate surface area is 126 Å². The first kappa shape index (κ1) is 25.7. The number of carboxylic acids is 1. The van der Waals surface area contributed by atoms with Crippen LogP contribution in [0, 0.1) is 0 Å². The number of alkyl halides is 13. The molecule has 152 valence electrons. The molecule has 18 heteroatoms. The van der Waals surface area contributed by atoms with Gasteiger partial charge in [-0.15, -0.1) is 13.2 Å². The van der Waals surface area contributed by atoms with Gasteiger partial charge in [0.15, 0.2) is 0 Å².